The maximum Gasteiger partial charge on any atom is 0.236 e. The summed E-state index contributed by atoms with van der Waals surface area (Å²) in [4.78, 5) is 35.3. The number of nitrogens with zero attached hydrogens (tertiary/aromatic N) is 4. The Balaban J connectivity index is 1.16. The molecule has 0 radical (unpaired) electrons. The summed E-state index contributed by atoms with van der Waals surface area (Å²) in [7, 11) is 0. The summed E-state index contributed by atoms with van der Waals surface area (Å²) in [6.45, 7) is 5.86. The number of rotatable bonds is 7. The molecule has 2 aliphatic rings. The van der Waals surface area contributed by atoms with Gasteiger partial charge in [0.05, 0.1) is 26.0 Å². The third-order valence-electron chi connectivity index (χ3n) is 5.84. The Morgan fingerprint density at radius 2 is 1.58 bits per heavy atom. The smallest absolute Gasteiger partial charge is 0.236 e. The Bertz CT molecular complexity index is 855. The fraction of sp³-hybridized carbons (Fsp3) is 0.522. The van der Waals surface area contributed by atoms with Crippen LogP contribution < -0.4 is 0 Å². The van der Waals surface area contributed by atoms with Gasteiger partial charge >= 0.3 is 0 Å². The van der Waals surface area contributed by atoms with Crippen molar-refractivity contribution in [3.63, 3.8) is 0 Å². The molecule has 0 saturated carbocycles. The second-order valence-corrected chi connectivity index (χ2v) is 7.99. The van der Waals surface area contributed by atoms with Crippen molar-refractivity contribution in [3.8, 4) is 11.3 Å². The number of carbonyl (C=O) groups excluding carboxylic acids is 2. The predicted octanol–water partition coefficient (Wildman–Crippen LogP) is 1.67. The van der Waals surface area contributed by atoms with E-state index in [1.54, 1.807) is 6.20 Å². The fourth-order valence-corrected chi connectivity index (χ4v) is 3.97. The number of aromatic nitrogens is 1. The number of morpholine rings is 1. The molecule has 2 amide bonds. The lowest BCUT2D eigenvalue weighted by atomic mass is 10.2. The quantitative estimate of drug-likeness (QED) is 0.670. The Morgan fingerprint density at radius 1 is 0.903 bits per heavy atom. The van der Waals surface area contributed by atoms with Crippen LogP contribution in [0, 0.1) is 0 Å². The lowest BCUT2D eigenvalue weighted by Gasteiger charge is -2.36. The average molecular weight is 427 g/mol. The first-order valence-corrected chi connectivity index (χ1v) is 11.0. The highest BCUT2D eigenvalue weighted by Gasteiger charge is 2.25. The lowest BCUT2D eigenvalue weighted by molar-refractivity contribution is -0.140. The van der Waals surface area contributed by atoms with Gasteiger partial charge in [0.15, 0.2) is 11.7 Å². The third kappa shape index (κ3) is 5.92. The average Bonchev–Trinajstić information content (AvgIpc) is 3.29. The molecule has 8 nitrogen and oxygen atoms in total. The Morgan fingerprint density at radius 3 is 2.29 bits per heavy atom. The first-order valence-electron chi connectivity index (χ1n) is 11.0. The van der Waals surface area contributed by atoms with Crippen LogP contribution in [-0.2, 0) is 20.7 Å². The minimum Gasteiger partial charge on any atom is -0.441 e. The van der Waals surface area contributed by atoms with Crippen molar-refractivity contribution in [2.75, 3.05) is 59.0 Å². The third-order valence-corrected chi connectivity index (χ3v) is 5.84. The van der Waals surface area contributed by atoms with E-state index < -0.39 is 0 Å². The first-order chi connectivity index (χ1) is 15.2. The molecule has 0 N–H and O–H groups in total. The molecule has 8 heteroatoms. The van der Waals surface area contributed by atoms with E-state index in [2.05, 4.69) is 9.88 Å². The summed E-state index contributed by atoms with van der Waals surface area (Å²) in [6, 6.07) is 9.86. The molecule has 1 aromatic carbocycles. The first kappa shape index (κ1) is 21.5. The normalized spacial score (nSPS) is 17.7. The van der Waals surface area contributed by atoms with Gasteiger partial charge in [-0.2, -0.15) is 0 Å². The van der Waals surface area contributed by atoms with Gasteiger partial charge in [0.2, 0.25) is 11.8 Å². The molecule has 0 atom stereocenters. The van der Waals surface area contributed by atoms with E-state index in [1.165, 1.54) is 0 Å². The lowest BCUT2D eigenvalue weighted by Crippen LogP contribution is -2.53. The fourth-order valence-electron chi connectivity index (χ4n) is 3.97. The molecule has 0 bridgehead atoms. The van der Waals surface area contributed by atoms with Gasteiger partial charge in [-0.25, -0.2) is 4.98 Å². The van der Waals surface area contributed by atoms with E-state index >= 15 is 0 Å². The van der Waals surface area contributed by atoms with Crippen molar-refractivity contribution in [3.05, 3.63) is 42.4 Å². The summed E-state index contributed by atoms with van der Waals surface area (Å²) in [5.41, 5.74) is 0.998. The number of oxazole rings is 1. The molecule has 31 heavy (non-hydrogen) atoms. The van der Waals surface area contributed by atoms with Crippen LogP contribution in [0.1, 0.15) is 18.7 Å². The zero-order chi connectivity index (χ0) is 21.5. The minimum atomic E-state index is 0.134. The van der Waals surface area contributed by atoms with Crippen molar-refractivity contribution in [2.24, 2.45) is 0 Å². The zero-order valence-electron chi connectivity index (χ0n) is 17.9. The summed E-state index contributed by atoms with van der Waals surface area (Å²) in [5, 5.41) is 0. The summed E-state index contributed by atoms with van der Waals surface area (Å²) >= 11 is 0. The van der Waals surface area contributed by atoms with Crippen LogP contribution in [0.4, 0.5) is 0 Å². The molecule has 0 unspecified atom stereocenters. The molecule has 2 aromatic rings. The number of hydrogen-bond acceptors (Lipinski definition) is 6. The van der Waals surface area contributed by atoms with E-state index in [-0.39, 0.29) is 11.8 Å². The highest BCUT2D eigenvalue weighted by Crippen LogP contribution is 2.20. The van der Waals surface area contributed by atoms with Gasteiger partial charge in [-0.3, -0.25) is 14.5 Å². The Hall–Kier alpha value is -2.71. The van der Waals surface area contributed by atoms with E-state index in [4.69, 9.17) is 9.15 Å². The van der Waals surface area contributed by atoms with Gasteiger partial charge < -0.3 is 19.0 Å². The van der Waals surface area contributed by atoms with E-state index in [9.17, 15) is 9.59 Å². The number of piperazine rings is 1. The molecule has 2 aliphatic heterocycles. The SMILES string of the molecule is O=C(CCCc1ncc(-c2ccccc2)o1)N1CCN(C(=O)CN2CCOCC2)CC1. The molecular weight excluding hydrogens is 396 g/mol. The van der Waals surface area contributed by atoms with Crippen molar-refractivity contribution in [1.29, 1.82) is 0 Å². The highest BCUT2D eigenvalue weighted by atomic mass is 16.5. The summed E-state index contributed by atoms with van der Waals surface area (Å²) in [5.74, 6) is 1.69. The summed E-state index contributed by atoms with van der Waals surface area (Å²) < 4.78 is 11.1. The van der Waals surface area contributed by atoms with Crippen molar-refractivity contribution in [1.82, 2.24) is 19.7 Å². The van der Waals surface area contributed by atoms with E-state index in [0.29, 0.717) is 71.1 Å². The van der Waals surface area contributed by atoms with Gasteiger partial charge in [0, 0.05) is 57.7 Å². The Kier molecular flexibility index (Phi) is 7.32. The highest BCUT2D eigenvalue weighted by molar-refractivity contribution is 5.79. The predicted molar refractivity (Wildman–Crippen MR) is 115 cm³/mol. The molecule has 1 aromatic heterocycles. The van der Waals surface area contributed by atoms with Gasteiger partial charge in [-0.05, 0) is 6.42 Å². The van der Waals surface area contributed by atoms with Gasteiger partial charge in [-0.1, -0.05) is 30.3 Å². The standard InChI is InChI=1S/C23H30N4O4/c28-22(8-4-7-21-24-17-20(31-21)19-5-2-1-3-6-19)26-9-11-27(12-10-26)23(29)18-25-13-15-30-16-14-25/h1-3,5-6,17H,4,7-16,18H2. The molecule has 166 valence electrons. The van der Waals surface area contributed by atoms with Gasteiger partial charge in [0.1, 0.15) is 0 Å². The molecule has 0 spiro atoms. The number of carbonyl (C=O) groups is 2. The summed E-state index contributed by atoms with van der Waals surface area (Å²) in [6.07, 6.45) is 3.53. The van der Waals surface area contributed by atoms with Crippen molar-refractivity contribution < 1.29 is 18.7 Å². The van der Waals surface area contributed by atoms with E-state index in [0.717, 1.165) is 24.4 Å². The van der Waals surface area contributed by atoms with Crippen LogP contribution in [-0.4, -0.2) is 90.5 Å². The number of hydrogen-bond donors (Lipinski definition) is 0. The largest absolute Gasteiger partial charge is 0.441 e. The van der Waals surface area contributed by atoms with Crippen LogP contribution in [0.25, 0.3) is 11.3 Å². The van der Waals surface area contributed by atoms with E-state index in [1.807, 2.05) is 40.1 Å². The van der Waals surface area contributed by atoms with Gasteiger partial charge in [0.25, 0.3) is 0 Å². The van der Waals surface area contributed by atoms with Gasteiger partial charge in [-0.15, -0.1) is 0 Å². The maximum absolute atomic E-state index is 12.6. The molecule has 0 aliphatic carbocycles. The molecular formula is C23H30N4O4. The monoisotopic (exact) mass is 426 g/mol. The van der Waals surface area contributed by atoms with Crippen LogP contribution >= 0.6 is 0 Å². The number of amides is 2. The van der Waals surface area contributed by atoms with Crippen molar-refractivity contribution in [2.45, 2.75) is 19.3 Å². The zero-order valence-corrected chi connectivity index (χ0v) is 17.9. The number of aryl methyl sites for hydroxylation is 1. The van der Waals surface area contributed by atoms with Crippen LogP contribution in [0.2, 0.25) is 0 Å². The Labute approximate surface area is 182 Å². The number of benzene rings is 1. The minimum absolute atomic E-state index is 0.134. The van der Waals surface area contributed by atoms with Crippen LogP contribution in [0.3, 0.4) is 0 Å². The number of ether oxygens (including phenoxy) is 1. The molecule has 2 fully saturated rings. The second-order valence-electron chi connectivity index (χ2n) is 7.99. The molecule has 4 rings (SSSR count). The van der Waals surface area contributed by atoms with Crippen molar-refractivity contribution >= 4 is 11.8 Å². The molecule has 3 heterocycles. The molecule has 2 saturated heterocycles. The van der Waals surface area contributed by atoms with Crippen LogP contribution in [0.5, 0.6) is 0 Å². The maximum atomic E-state index is 12.6. The van der Waals surface area contributed by atoms with Crippen LogP contribution in [0.15, 0.2) is 40.9 Å². The topological polar surface area (TPSA) is 79.1 Å². The second kappa shape index (κ2) is 10.5.